The van der Waals surface area contributed by atoms with E-state index in [1.807, 2.05) is 60.7 Å². The number of benzene rings is 2. The maximum Gasteiger partial charge on any atom is 0.264 e. The molecule has 0 spiro atoms. The Morgan fingerprint density at radius 1 is 1.19 bits per heavy atom. The zero-order chi connectivity index (χ0) is 19.1. The number of ether oxygens (including phenoxy) is 1. The molecule has 1 atom stereocenters. The van der Waals surface area contributed by atoms with Crippen LogP contribution in [0.4, 0.5) is 0 Å². The van der Waals surface area contributed by atoms with Gasteiger partial charge in [0.15, 0.2) is 6.10 Å². The maximum absolute atomic E-state index is 12.8. The number of hydrogen-bond acceptors (Lipinski definition) is 5. The minimum atomic E-state index is -0.649. The lowest BCUT2D eigenvalue weighted by atomic mass is 10.2. The van der Waals surface area contributed by atoms with Gasteiger partial charge in [-0.15, -0.1) is 6.58 Å². The number of rotatable bonds is 8. The standard InChI is InChI=1S/C21H21N3O3/c1-3-14-24(21(25)16(2)26-18-12-8-5-9-13-18)15-19-22-20(23-27-19)17-10-6-4-7-11-17/h3-13,16H,1,14-15H2,2H3/t16-/m1/s1. The van der Waals surface area contributed by atoms with Crippen LogP contribution in [-0.4, -0.2) is 33.6 Å². The Bertz CT molecular complexity index is 878. The van der Waals surface area contributed by atoms with E-state index in [0.29, 0.717) is 24.0 Å². The minimum absolute atomic E-state index is 0.182. The van der Waals surface area contributed by atoms with Crippen molar-refractivity contribution in [1.82, 2.24) is 15.0 Å². The molecule has 1 heterocycles. The molecule has 1 amide bonds. The molecule has 0 aliphatic carbocycles. The summed E-state index contributed by atoms with van der Waals surface area (Å²) in [6.45, 7) is 5.98. The number of hydrogen-bond donors (Lipinski definition) is 0. The predicted octanol–water partition coefficient (Wildman–Crippen LogP) is 3.72. The lowest BCUT2D eigenvalue weighted by Gasteiger charge is -2.23. The Balaban J connectivity index is 1.69. The molecule has 0 bridgehead atoms. The van der Waals surface area contributed by atoms with E-state index in [1.165, 1.54) is 0 Å². The normalized spacial score (nSPS) is 11.6. The Morgan fingerprint density at radius 2 is 1.85 bits per heavy atom. The van der Waals surface area contributed by atoms with Crippen LogP contribution in [0.1, 0.15) is 12.8 Å². The number of para-hydroxylation sites is 1. The highest BCUT2D eigenvalue weighted by molar-refractivity contribution is 5.81. The summed E-state index contributed by atoms with van der Waals surface area (Å²) in [5, 5.41) is 3.99. The van der Waals surface area contributed by atoms with Crippen LogP contribution in [0.25, 0.3) is 11.4 Å². The molecule has 3 aromatic rings. The summed E-state index contributed by atoms with van der Waals surface area (Å²) >= 11 is 0. The van der Waals surface area contributed by atoms with E-state index in [-0.39, 0.29) is 12.5 Å². The fraction of sp³-hybridized carbons (Fsp3) is 0.190. The number of carbonyl (C=O) groups excluding carboxylic acids is 1. The highest BCUT2D eigenvalue weighted by atomic mass is 16.5. The van der Waals surface area contributed by atoms with Crippen molar-refractivity contribution in [3.8, 4) is 17.1 Å². The molecular weight excluding hydrogens is 342 g/mol. The van der Waals surface area contributed by atoms with Gasteiger partial charge in [-0.05, 0) is 19.1 Å². The molecule has 0 saturated heterocycles. The van der Waals surface area contributed by atoms with Crippen molar-refractivity contribution in [3.05, 3.63) is 79.2 Å². The molecule has 3 rings (SSSR count). The summed E-state index contributed by atoms with van der Waals surface area (Å²) in [6.07, 6.45) is 1.01. The fourth-order valence-electron chi connectivity index (χ4n) is 2.59. The predicted molar refractivity (Wildman–Crippen MR) is 102 cm³/mol. The second-order valence-corrected chi connectivity index (χ2v) is 5.96. The van der Waals surface area contributed by atoms with Gasteiger partial charge in [-0.2, -0.15) is 4.98 Å². The first-order chi connectivity index (χ1) is 13.2. The first kappa shape index (κ1) is 18.4. The lowest BCUT2D eigenvalue weighted by Crippen LogP contribution is -2.40. The first-order valence-corrected chi connectivity index (χ1v) is 8.66. The van der Waals surface area contributed by atoms with E-state index in [0.717, 1.165) is 5.56 Å². The molecule has 6 nitrogen and oxygen atoms in total. The van der Waals surface area contributed by atoms with Crippen LogP contribution < -0.4 is 4.74 Å². The van der Waals surface area contributed by atoms with E-state index in [4.69, 9.17) is 9.26 Å². The summed E-state index contributed by atoms with van der Waals surface area (Å²) < 4.78 is 11.0. The molecule has 0 fully saturated rings. The van der Waals surface area contributed by atoms with Crippen molar-refractivity contribution in [1.29, 1.82) is 0 Å². The van der Waals surface area contributed by atoms with Crippen LogP contribution in [-0.2, 0) is 11.3 Å². The summed E-state index contributed by atoms with van der Waals surface area (Å²) in [5.74, 6) is 1.31. The quantitative estimate of drug-likeness (QED) is 0.571. The third kappa shape index (κ3) is 4.82. The number of carbonyl (C=O) groups is 1. The Kier molecular flexibility index (Phi) is 5.99. The lowest BCUT2D eigenvalue weighted by molar-refractivity contribution is -0.138. The third-order valence-corrected chi connectivity index (χ3v) is 3.89. The van der Waals surface area contributed by atoms with Gasteiger partial charge >= 0.3 is 0 Å². The van der Waals surface area contributed by atoms with Crippen molar-refractivity contribution >= 4 is 5.91 Å². The zero-order valence-electron chi connectivity index (χ0n) is 15.1. The highest BCUT2D eigenvalue weighted by Crippen LogP contribution is 2.17. The summed E-state index contributed by atoms with van der Waals surface area (Å²) in [7, 11) is 0. The van der Waals surface area contributed by atoms with E-state index in [2.05, 4.69) is 16.7 Å². The Morgan fingerprint density at radius 3 is 2.52 bits per heavy atom. The number of amides is 1. The minimum Gasteiger partial charge on any atom is -0.481 e. The van der Waals surface area contributed by atoms with E-state index >= 15 is 0 Å². The molecule has 6 heteroatoms. The van der Waals surface area contributed by atoms with Crippen molar-refractivity contribution in [3.63, 3.8) is 0 Å². The third-order valence-electron chi connectivity index (χ3n) is 3.89. The second kappa shape index (κ2) is 8.80. The molecular formula is C21H21N3O3. The van der Waals surface area contributed by atoms with Gasteiger partial charge in [-0.1, -0.05) is 59.8 Å². The largest absolute Gasteiger partial charge is 0.481 e. The number of aromatic nitrogens is 2. The van der Waals surface area contributed by atoms with Gasteiger partial charge in [-0.25, -0.2) is 0 Å². The van der Waals surface area contributed by atoms with Crippen LogP contribution in [0.2, 0.25) is 0 Å². The summed E-state index contributed by atoms with van der Waals surface area (Å²) in [4.78, 5) is 18.7. The van der Waals surface area contributed by atoms with Gasteiger partial charge < -0.3 is 14.2 Å². The van der Waals surface area contributed by atoms with Gasteiger partial charge in [-0.3, -0.25) is 4.79 Å². The maximum atomic E-state index is 12.8. The molecule has 0 aliphatic rings. The van der Waals surface area contributed by atoms with Crippen molar-refractivity contribution in [2.75, 3.05) is 6.54 Å². The van der Waals surface area contributed by atoms with Gasteiger partial charge in [0.2, 0.25) is 11.7 Å². The van der Waals surface area contributed by atoms with Gasteiger partial charge in [0, 0.05) is 12.1 Å². The van der Waals surface area contributed by atoms with Gasteiger partial charge in [0.1, 0.15) is 12.3 Å². The average molecular weight is 363 g/mol. The molecule has 2 aromatic carbocycles. The summed E-state index contributed by atoms with van der Waals surface area (Å²) in [6, 6.07) is 18.8. The SMILES string of the molecule is C=CCN(Cc1nc(-c2ccccc2)no1)C(=O)[C@@H](C)Oc1ccccc1. The summed E-state index contributed by atoms with van der Waals surface area (Å²) in [5.41, 5.74) is 0.856. The molecule has 0 unspecified atom stereocenters. The topological polar surface area (TPSA) is 68.5 Å². The van der Waals surface area contributed by atoms with Crippen molar-refractivity contribution in [2.24, 2.45) is 0 Å². The van der Waals surface area contributed by atoms with Gasteiger partial charge in [0.05, 0.1) is 0 Å². The van der Waals surface area contributed by atoms with Crippen LogP contribution in [0.15, 0.2) is 77.8 Å². The number of nitrogens with zero attached hydrogens (tertiary/aromatic N) is 3. The highest BCUT2D eigenvalue weighted by Gasteiger charge is 2.23. The monoisotopic (exact) mass is 363 g/mol. The molecule has 0 aliphatic heterocycles. The molecule has 27 heavy (non-hydrogen) atoms. The van der Waals surface area contributed by atoms with Crippen molar-refractivity contribution < 1.29 is 14.1 Å². The van der Waals surface area contributed by atoms with Crippen LogP contribution in [0.5, 0.6) is 5.75 Å². The zero-order valence-corrected chi connectivity index (χ0v) is 15.1. The molecule has 0 saturated carbocycles. The van der Waals surface area contributed by atoms with Crippen LogP contribution >= 0.6 is 0 Å². The average Bonchev–Trinajstić information content (AvgIpc) is 3.17. The molecule has 0 N–H and O–H groups in total. The van der Waals surface area contributed by atoms with Gasteiger partial charge in [0.25, 0.3) is 5.91 Å². The van der Waals surface area contributed by atoms with E-state index in [1.54, 1.807) is 17.9 Å². The van der Waals surface area contributed by atoms with Crippen molar-refractivity contribution in [2.45, 2.75) is 19.6 Å². The Hall–Kier alpha value is -3.41. The van der Waals surface area contributed by atoms with Crippen LogP contribution in [0, 0.1) is 0 Å². The van der Waals surface area contributed by atoms with E-state index in [9.17, 15) is 4.79 Å². The van der Waals surface area contributed by atoms with E-state index < -0.39 is 6.10 Å². The van der Waals surface area contributed by atoms with Crippen LogP contribution in [0.3, 0.4) is 0 Å². The smallest absolute Gasteiger partial charge is 0.264 e. The molecule has 1 aromatic heterocycles. The Labute approximate surface area is 158 Å². The molecule has 138 valence electrons. The molecule has 0 radical (unpaired) electrons. The first-order valence-electron chi connectivity index (χ1n) is 8.66. The fourth-order valence-corrected chi connectivity index (χ4v) is 2.59. The second-order valence-electron chi connectivity index (χ2n) is 5.96.